The first-order valence-electron chi connectivity index (χ1n) is 3.18. The zero-order chi connectivity index (χ0) is 10.2. The summed E-state index contributed by atoms with van der Waals surface area (Å²) in [6.07, 6.45) is -0.610. The number of alkyl halides is 3. The molecule has 1 aliphatic heterocycles. The van der Waals surface area contributed by atoms with Crippen molar-refractivity contribution in [1.29, 1.82) is 0 Å². The van der Waals surface area contributed by atoms with Gasteiger partial charge in [0.15, 0.2) is 0 Å². The standard InChI is InChI=1S/C5H4F3NO3S/c6-5(7,8)13(12)9-3(10)1-2-4(9)11/h1-2H2. The van der Waals surface area contributed by atoms with E-state index in [4.69, 9.17) is 0 Å². The van der Waals surface area contributed by atoms with Gasteiger partial charge < -0.3 is 0 Å². The van der Waals surface area contributed by atoms with Gasteiger partial charge in [-0.15, -0.1) is 0 Å². The zero-order valence-corrected chi connectivity index (χ0v) is 6.94. The lowest BCUT2D eigenvalue weighted by Gasteiger charge is -2.13. The summed E-state index contributed by atoms with van der Waals surface area (Å²) in [5, 5.41) is 0. The molecule has 0 bridgehead atoms. The van der Waals surface area contributed by atoms with Crippen LogP contribution in [0.2, 0.25) is 0 Å². The highest BCUT2D eigenvalue weighted by molar-refractivity contribution is 7.84. The summed E-state index contributed by atoms with van der Waals surface area (Å²) in [7, 11) is -3.54. The van der Waals surface area contributed by atoms with Crippen molar-refractivity contribution in [3.05, 3.63) is 0 Å². The quantitative estimate of drug-likeness (QED) is 0.592. The molecular formula is C5H4F3NO3S. The molecule has 0 N–H and O–H groups in total. The molecule has 1 atom stereocenters. The van der Waals surface area contributed by atoms with Gasteiger partial charge in [-0.1, -0.05) is 0 Å². The molecule has 13 heavy (non-hydrogen) atoms. The Kier molecular flexibility index (Phi) is 2.42. The molecule has 1 fully saturated rings. The summed E-state index contributed by atoms with van der Waals surface area (Å²) in [4.78, 5) is 21.4. The normalized spacial score (nSPS) is 21.0. The van der Waals surface area contributed by atoms with Crippen molar-refractivity contribution in [1.82, 2.24) is 4.31 Å². The summed E-state index contributed by atoms with van der Waals surface area (Å²) in [6.45, 7) is 0. The molecule has 1 heterocycles. The number of nitrogens with zero attached hydrogens (tertiary/aromatic N) is 1. The Morgan fingerprint density at radius 3 is 1.85 bits per heavy atom. The van der Waals surface area contributed by atoms with Crippen LogP contribution in [0.15, 0.2) is 0 Å². The van der Waals surface area contributed by atoms with Gasteiger partial charge in [0.1, 0.15) is 0 Å². The van der Waals surface area contributed by atoms with Gasteiger partial charge in [-0.2, -0.15) is 17.5 Å². The number of imide groups is 1. The average molecular weight is 215 g/mol. The van der Waals surface area contributed by atoms with Crippen molar-refractivity contribution < 1.29 is 27.0 Å². The first kappa shape index (κ1) is 10.2. The van der Waals surface area contributed by atoms with E-state index >= 15 is 0 Å². The molecular weight excluding hydrogens is 211 g/mol. The number of carbonyl (C=O) groups is 2. The topological polar surface area (TPSA) is 54.5 Å². The maximum absolute atomic E-state index is 11.8. The second kappa shape index (κ2) is 3.09. The Bertz CT molecular complexity index is 271. The number of halogens is 3. The van der Waals surface area contributed by atoms with Crippen LogP contribution in [0.5, 0.6) is 0 Å². The average Bonchev–Trinajstić information content (AvgIpc) is 2.28. The van der Waals surface area contributed by atoms with E-state index in [-0.39, 0.29) is 17.1 Å². The number of carbonyl (C=O) groups excluding carboxylic acids is 2. The van der Waals surface area contributed by atoms with Crippen LogP contribution in [0.25, 0.3) is 0 Å². The third-order valence-corrected chi connectivity index (χ3v) is 2.50. The van der Waals surface area contributed by atoms with Gasteiger partial charge in [0.2, 0.25) is 22.8 Å². The molecule has 4 nitrogen and oxygen atoms in total. The molecule has 1 aliphatic rings. The zero-order valence-electron chi connectivity index (χ0n) is 6.13. The molecule has 0 aromatic carbocycles. The van der Waals surface area contributed by atoms with E-state index in [1.54, 1.807) is 0 Å². The number of hydrogen-bond donors (Lipinski definition) is 0. The molecule has 0 aromatic heterocycles. The van der Waals surface area contributed by atoms with Gasteiger partial charge in [0, 0.05) is 12.8 Å². The Labute approximate surface area is 73.3 Å². The molecule has 1 rings (SSSR count). The van der Waals surface area contributed by atoms with Crippen molar-refractivity contribution in [2.75, 3.05) is 0 Å². The Balaban J connectivity index is 2.89. The van der Waals surface area contributed by atoms with Crippen molar-refractivity contribution in [3.8, 4) is 0 Å². The van der Waals surface area contributed by atoms with Gasteiger partial charge in [0.25, 0.3) is 0 Å². The highest BCUT2D eigenvalue weighted by Gasteiger charge is 2.48. The van der Waals surface area contributed by atoms with Crippen LogP contribution < -0.4 is 0 Å². The van der Waals surface area contributed by atoms with Gasteiger partial charge in [-0.05, 0) is 0 Å². The van der Waals surface area contributed by atoms with E-state index in [9.17, 15) is 27.0 Å². The minimum absolute atomic E-state index is 0.236. The fraction of sp³-hybridized carbons (Fsp3) is 0.600. The monoisotopic (exact) mass is 215 g/mol. The van der Waals surface area contributed by atoms with E-state index < -0.39 is 28.3 Å². The molecule has 1 saturated heterocycles. The van der Waals surface area contributed by atoms with Crippen LogP contribution in [0.4, 0.5) is 13.2 Å². The molecule has 0 spiro atoms. The first-order chi connectivity index (χ1) is 5.84. The lowest BCUT2D eigenvalue weighted by molar-refractivity contribution is -0.133. The van der Waals surface area contributed by atoms with Gasteiger partial charge in [-0.3, -0.25) is 9.59 Å². The van der Waals surface area contributed by atoms with Crippen molar-refractivity contribution >= 4 is 22.8 Å². The van der Waals surface area contributed by atoms with Crippen LogP contribution >= 0.6 is 0 Å². The summed E-state index contributed by atoms with van der Waals surface area (Å²) in [6, 6.07) is 0. The third kappa shape index (κ3) is 1.87. The summed E-state index contributed by atoms with van der Waals surface area (Å²) < 4.78 is 45.7. The number of hydrogen-bond acceptors (Lipinski definition) is 3. The van der Waals surface area contributed by atoms with Crippen LogP contribution in [-0.2, 0) is 20.6 Å². The fourth-order valence-corrected chi connectivity index (χ4v) is 1.60. The summed E-state index contributed by atoms with van der Waals surface area (Å²) in [5.74, 6) is -2.08. The summed E-state index contributed by atoms with van der Waals surface area (Å²) >= 11 is 0. The second-order valence-corrected chi connectivity index (χ2v) is 3.60. The molecule has 0 saturated carbocycles. The largest absolute Gasteiger partial charge is 0.491 e. The SMILES string of the molecule is O=C1CCC(=O)N1S(=O)C(F)(F)F. The van der Waals surface area contributed by atoms with E-state index in [0.29, 0.717) is 0 Å². The maximum Gasteiger partial charge on any atom is 0.491 e. The fourth-order valence-electron chi connectivity index (χ4n) is 0.845. The highest BCUT2D eigenvalue weighted by Crippen LogP contribution is 2.26. The van der Waals surface area contributed by atoms with Gasteiger partial charge in [0.05, 0.1) is 0 Å². The van der Waals surface area contributed by atoms with E-state index in [0.717, 1.165) is 0 Å². The minimum atomic E-state index is -5.06. The van der Waals surface area contributed by atoms with Crippen LogP contribution in [0, 0.1) is 0 Å². The highest BCUT2D eigenvalue weighted by atomic mass is 32.2. The van der Waals surface area contributed by atoms with Gasteiger partial charge in [-0.25, -0.2) is 4.21 Å². The van der Waals surface area contributed by atoms with E-state index in [1.165, 1.54) is 0 Å². The Morgan fingerprint density at radius 1 is 1.15 bits per heavy atom. The molecule has 1 unspecified atom stereocenters. The van der Waals surface area contributed by atoms with Crippen molar-refractivity contribution in [2.24, 2.45) is 0 Å². The third-order valence-electron chi connectivity index (χ3n) is 1.37. The number of rotatable bonds is 1. The predicted molar refractivity (Wildman–Crippen MR) is 35.3 cm³/mol. The Morgan fingerprint density at radius 2 is 1.54 bits per heavy atom. The minimum Gasteiger partial charge on any atom is -0.273 e. The molecule has 74 valence electrons. The predicted octanol–water partition coefficient (Wildman–Crippen LogP) is 0.319. The molecule has 0 aliphatic carbocycles. The second-order valence-electron chi connectivity index (χ2n) is 2.28. The molecule has 2 amide bonds. The van der Waals surface area contributed by atoms with E-state index in [1.807, 2.05) is 0 Å². The summed E-state index contributed by atoms with van der Waals surface area (Å²) in [5.41, 5.74) is -5.06. The first-order valence-corrected chi connectivity index (χ1v) is 4.29. The maximum atomic E-state index is 11.8. The van der Waals surface area contributed by atoms with Crippen LogP contribution in [0.3, 0.4) is 0 Å². The number of amides is 2. The van der Waals surface area contributed by atoms with Crippen molar-refractivity contribution in [3.63, 3.8) is 0 Å². The van der Waals surface area contributed by atoms with Gasteiger partial charge >= 0.3 is 5.51 Å². The van der Waals surface area contributed by atoms with Crippen LogP contribution in [0.1, 0.15) is 12.8 Å². The van der Waals surface area contributed by atoms with Crippen LogP contribution in [-0.4, -0.2) is 25.8 Å². The van der Waals surface area contributed by atoms with E-state index in [2.05, 4.69) is 0 Å². The molecule has 0 aromatic rings. The Hall–Kier alpha value is -0.920. The lowest BCUT2D eigenvalue weighted by Crippen LogP contribution is -2.38. The van der Waals surface area contributed by atoms with Crippen molar-refractivity contribution in [2.45, 2.75) is 18.3 Å². The molecule has 0 radical (unpaired) electrons. The molecule has 8 heteroatoms. The smallest absolute Gasteiger partial charge is 0.273 e. The lowest BCUT2D eigenvalue weighted by atomic mass is 10.4.